The Morgan fingerprint density at radius 3 is 1.67 bits per heavy atom. The molecular formula is C54H39N3S. The van der Waals surface area contributed by atoms with Crippen molar-refractivity contribution in [2.45, 2.75) is 19.3 Å². The summed E-state index contributed by atoms with van der Waals surface area (Å²) in [7, 11) is 0. The minimum absolute atomic E-state index is 0.272. The van der Waals surface area contributed by atoms with Crippen molar-refractivity contribution in [1.29, 1.82) is 0 Å². The van der Waals surface area contributed by atoms with Crippen LogP contribution >= 0.6 is 11.3 Å². The molecule has 0 aliphatic heterocycles. The molecule has 4 heteroatoms. The van der Waals surface area contributed by atoms with Crippen LogP contribution in [0, 0.1) is 0 Å². The number of thiazole rings is 1. The molecule has 0 amide bonds. The number of rotatable bonds is 7. The maximum Gasteiger partial charge on any atom is 0.124 e. The van der Waals surface area contributed by atoms with Gasteiger partial charge >= 0.3 is 0 Å². The van der Waals surface area contributed by atoms with E-state index in [1.54, 1.807) is 11.3 Å². The molecule has 0 atom stereocenters. The molecule has 1 aliphatic rings. The molecule has 58 heavy (non-hydrogen) atoms. The highest BCUT2D eigenvalue weighted by atomic mass is 32.1. The van der Waals surface area contributed by atoms with Gasteiger partial charge in [-0.3, -0.25) is 0 Å². The second-order valence-corrected chi connectivity index (χ2v) is 16.6. The molecule has 0 N–H and O–H groups in total. The smallest absolute Gasteiger partial charge is 0.124 e. The second-order valence-electron chi connectivity index (χ2n) is 15.6. The van der Waals surface area contributed by atoms with E-state index in [-0.39, 0.29) is 5.41 Å². The van der Waals surface area contributed by atoms with E-state index in [9.17, 15) is 0 Å². The number of hydrogen-bond acceptors (Lipinski definition) is 4. The Balaban J connectivity index is 1.23. The van der Waals surface area contributed by atoms with Crippen molar-refractivity contribution in [1.82, 2.24) is 4.98 Å². The van der Waals surface area contributed by atoms with Crippen LogP contribution in [0.1, 0.15) is 25.0 Å². The zero-order valence-electron chi connectivity index (χ0n) is 32.3. The van der Waals surface area contributed by atoms with E-state index in [4.69, 9.17) is 4.98 Å². The summed E-state index contributed by atoms with van der Waals surface area (Å²) in [5, 5.41) is 6.08. The fourth-order valence-corrected chi connectivity index (χ4v) is 10.1. The van der Waals surface area contributed by atoms with Crippen LogP contribution in [-0.4, -0.2) is 4.98 Å². The molecule has 276 valence electrons. The number of benzene rings is 9. The van der Waals surface area contributed by atoms with Crippen molar-refractivity contribution in [3.8, 4) is 21.7 Å². The van der Waals surface area contributed by atoms with Crippen LogP contribution in [0.5, 0.6) is 0 Å². The summed E-state index contributed by atoms with van der Waals surface area (Å²) in [6, 6.07) is 72.4. The van der Waals surface area contributed by atoms with E-state index in [1.807, 2.05) is 0 Å². The van der Waals surface area contributed by atoms with Crippen LogP contribution in [0.3, 0.4) is 0 Å². The van der Waals surface area contributed by atoms with Gasteiger partial charge in [-0.2, -0.15) is 0 Å². The molecule has 1 heterocycles. The Bertz CT molecular complexity index is 3100. The van der Waals surface area contributed by atoms with Gasteiger partial charge in [0.1, 0.15) is 5.01 Å². The van der Waals surface area contributed by atoms with Gasteiger partial charge in [-0.1, -0.05) is 141 Å². The lowest BCUT2D eigenvalue weighted by Gasteiger charge is -2.31. The molecular weight excluding hydrogens is 723 g/mol. The highest BCUT2D eigenvalue weighted by Crippen LogP contribution is 2.59. The number of anilines is 6. The van der Waals surface area contributed by atoms with Gasteiger partial charge in [0, 0.05) is 45.0 Å². The number of para-hydroxylation sites is 3. The van der Waals surface area contributed by atoms with Crippen molar-refractivity contribution in [2.75, 3.05) is 9.80 Å². The van der Waals surface area contributed by atoms with Crippen LogP contribution in [0.4, 0.5) is 34.1 Å². The Hall–Kier alpha value is -7.01. The molecule has 0 unspecified atom stereocenters. The number of aromatic nitrogens is 1. The number of hydrogen-bond donors (Lipinski definition) is 0. The first-order valence-corrected chi connectivity index (χ1v) is 20.7. The van der Waals surface area contributed by atoms with Crippen molar-refractivity contribution in [3.05, 3.63) is 211 Å². The Kier molecular flexibility index (Phi) is 8.02. The largest absolute Gasteiger partial charge is 0.310 e. The van der Waals surface area contributed by atoms with E-state index in [0.29, 0.717) is 0 Å². The second kappa shape index (κ2) is 13.6. The number of fused-ring (bicyclic) bond motifs is 7. The number of nitrogens with zero attached hydrogens (tertiary/aromatic N) is 3. The van der Waals surface area contributed by atoms with Crippen LogP contribution in [0.2, 0.25) is 0 Å². The summed E-state index contributed by atoms with van der Waals surface area (Å²) >= 11 is 1.78. The summed E-state index contributed by atoms with van der Waals surface area (Å²) in [5.74, 6) is 0. The molecule has 0 fully saturated rings. The minimum Gasteiger partial charge on any atom is -0.310 e. The molecule has 1 aromatic heterocycles. The lowest BCUT2D eigenvalue weighted by atomic mass is 9.81. The summed E-state index contributed by atoms with van der Waals surface area (Å²) in [5.41, 5.74) is 13.7. The topological polar surface area (TPSA) is 19.4 Å². The lowest BCUT2D eigenvalue weighted by Crippen LogP contribution is -2.16. The van der Waals surface area contributed by atoms with E-state index in [2.05, 4.69) is 224 Å². The van der Waals surface area contributed by atoms with Crippen molar-refractivity contribution >= 4 is 77.2 Å². The van der Waals surface area contributed by atoms with E-state index >= 15 is 0 Å². The minimum atomic E-state index is -0.272. The zero-order chi connectivity index (χ0) is 38.8. The fraction of sp³-hybridized carbons (Fsp3) is 0.0556. The van der Waals surface area contributed by atoms with E-state index in [1.165, 1.54) is 43.8 Å². The molecule has 1 aliphatic carbocycles. The first-order valence-electron chi connectivity index (χ1n) is 19.9. The van der Waals surface area contributed by atoms with Crippen molar-refractivity contribution in [3.63, 3.8) is 0 Å². The standard InChI is InChI=1S/C54H39N3S/c1-54(2)47-32-38-31-30-36-18-15-16-29-44(36)45(38)34-46(47)50-48(54)35-49-52(58-53(55-49)37-19-7-3-8-20-37)51(50)57(41-25-13-6-14-26-41)43-28-17-27-42(33-43)56(39-21-9-4-10-22-39)40-23-11-5-12-24-40/h3-35H,1-2H3. The van der Waals surface area contributed by atoms with E-state index < -0.39 is 0 Å². The zero-order valence-corrected chi connectivity index (χ0v) is 33.1. The van der Waals surface area contributed by atoms with Gasteiger partial charge in [-0.25, -0.2) is 4.98 Å². The Labute approximate surface area is 342 Å². The average molecular weight is 762 g/mol. The van der Waals surface area contributed by atoms with Crippen molar-refractivity contribution in [2.24, 2.45) is 0 Å². The van der Waals surface area contributed by atoms with Gasteiger partial charge in [0.15, 0.2) is 0 Å². The summed E-state index contributed by atoms with van der Waals surface area (Å²) in [6.07, 6.45) is 0. The molecule has 3 nitrogen and oxygen atoms in total. The lowest BCUT2D eigenvalue weighted by molar-refractivity contribution is 0.662. The fourth-order valence-electron chi connectivity index (χ4n) is 9.01. The maximum absolute atomic E-state index is 5.42. The molecule has 0 spiro atoms. The van der Waals surface area contributed by atoms with Gasteiger partial charge in [-0.15, -0.1) is 11.3 Å². The molecule has 11 rings (SSSR count). The Morgan fingerprint density at radius 1 is 0.448 bits per heavy atom. The first kappa shape index (κ1) is 34.3. The quantitative estimate of drug-likeness (QED) is 0.151. The summed E-state index contributed by atoms with van der Waals surface area (Å²) < 4.78 is 1.16. The SMILES string of the molecule is CC1(C)c2cc3ccc4ccccc4c3cc2-c2c1cc1nc(-c3ccccc3)sc1c2N(c1ccccc1)c1cccc(N(c2ccccc2)c2ccccc2)c1. The van der Waals surface area contributed by atoms with Gasteiger partial charge in [0.2, 0.25) is 0 Å². The van der Waals surface area contributed by atoms with Gasteiger partial charge in [0.05, 0.1) is 15.9 Å². The maximum atomic E-state index is 5.42. The normalized spacial score (nSPS) is 12.8. The molecule has 0 saturated heterocycles. The summed E-state index contributed by atoms with van der Waals surface area (Å²) in [6.45, 7) is 4.77. The molecule has 9 aromatic carbocycles. The predicted octanol–water partition coefficient (Wildman–Crippen LogP) is 15.5. The van der Waals surface area contributed by atoms with E-state index in [0.717, 1.165) is 54.9 Å². The van der Waals surface area contributed by atoms with Crippen molar-refractivity contribution < 1.29 is 0 Å². The van der Waals surface area contributed by atoms with Gasteiger partial charge in [-0.05, 0) is 111 Å². The van der Waals surface area contributed by atoms with Gasteiger partial charge in [0.25, 0.3) is 0 Å². The monoisotopic (exact) mass is 761 g/mol. The Morgan fingerprint density at radius 2 is 1.00 bits per heavy atom. The predicted molar refractivity (Wildman–Crippen MR) is 247 cm³/mol. The first-order chi connectivity index (χ1) is 28.5. The third-order valence-corrected chi connectivity index (χ3v) is 12.9. The van der Waals surface area contributed by atoms with Crippen LogP contribution in [-0.2, 0) is 5.41 Å². The summed E-state index contributed by atoms with van der Waals surface area (Å²) in [4.78, 5) is 10.3. The average Bonchev–Trinajstić information content (AvgIpc) is 3.80. The molecule has 10 aromatic rings. The molecule has 0 bridgehead atoms. The molecule has 0 saturated carbocycles. The van der Waals surface area contributed by atoms with Crippen LogP contribution in [0.15, 0.2) is 200 Å². The third kappa shape index (κ3) is 5.52. The highest BCUT2D eigenvalue weighted by Gasteiger charge is 2.40. The highest BCUT2D eigenvalue weighted by molar-refractivity contribution is 7.22. The van der Waals surface area contributed by atoms with Crippen LogP contribution in [0.25, 0.3) is 53.5 Å². The van der Waals surface area contributed by atoms with Crippen LogP contribution < -0.4 is 9.80 Å². The van der Waals surface area contributed by atoms with Gasteiger partial charge < -0.3 is 9.80 Å². The third-order valence-electron chi connectivity index (χ3n) is 11.8. The molecule has 0 radical (unpaired) electrons.